The van der Waals surface area contributed by atoms with E-state index in [9.17, 15) is 0 Å². The monoisotopic (exact) mass is 481 g/mol. The third-order valence-electron chi connectivity index (χ3n) is 5.72. The standard InChI is InChI=1S/C28H39N3O2S/c1-3-5-7-8-9-10-11-13-21-33-25-18-19-26-27(22-25)34-28(29-26)31-30-23-14-16-24(17-15-23)32-20-12-6-4-2/h14-19,22H,3-13,20-21H2,1-2H3. The van der Waals surface area contributed by atoms with E-state index in [-0.39, 0.29) is 0 Å². The lowest BCUT2D eigenvalue weighted by Crippen LogP contribution is -1.97. The molecule has 1 aromatic heterocycles. The molecule has 0 spiro atoms. The van der Waals surface area contributed by atoms with Gasteiger partial charge in [-0.15, -0.1) is 10.2 Å². The minimum atomic E-state index is 0.648. The molecule has 0 fully saturated rings. The van der Waals surface area contributed by atoms with E-state index in [0.29, 0.717) is 5.13 Å². The van der Waals surface area contributed by atoms with Gasteiger partial charge < -0.3 is 9.47 Å². The number of ether oxygens (including phenoxy) is 2. The van der Waals surface area contributed by atoms with Crippen molar-refractivity contribution < 1.29 is 9.47 Å². The largest absolute Gasteiger partial charge is 0.494 e. The zero-order valence-corrected chi connectivity index (χ0v) is 21.6. The Morgan fingerprint density at radius 3 is 2.00 bits per heavy atom. The predicted octanol–water partition coefficient (Wildman–Crippen LogP) is 9.80. The molecule has 6 heteroatoms. The van der Waals surface area contributed by atoms with Gasteiger partial charge in [0.05, 0.1) is 29.1 Å². The number of rotatable bonds is 17. The number of hydrogen-bond acceptors (Lipinski definition) is 6. The fourth-order valence-corrected chi connectivity index (χ4v) is 4.52. The lowest BCUT2D eigenvalue weighted by atomic mass is 10.1. The van der Waals surface area contributed by atoms with Gasteiger partial charge in [0, 0.05) is 0 Å². The fraction of sp³-hybridized carbons (Fsp3) is 0.536. The van der Waals surface area contributed by atoms with Crippen LogP contribution in [0, 0.1) is 0 Å². The van der Waals surface area contributed by atoms with Crippen LogP contribution in [-0.4, -0.2) is 18.2 Å². The average Bonchev–Trinajstić information content (AvgIpc) is 3.27. The lowest BCUT2D eigenvalue weighted by molar-refractivity contribution is 0.304. The summed E-state index contributed by atoms with van der Waals surface area (Å²) in [6, 6.07) is 13.8. The molecule has 0 unspecified atom stereocenters. The molecular weight excluding hydrogens is 442 g/mol. The summed E-state index contributed by atoms with van der Waals surface area (Å²) in [5, 5.41) is 9.31. The molecule has 0 atom stereocenters. The number of azo groups is 1. The van der Waals surface area contributed by atoms with Crippen LogP contribution in [-0.2, 0) is 0 Å². The number of nitrogens with zero attached hydrogens (tertiary/aromatic N) is 3. The molecule has 5 nitrogen and oxygen atoms in total. The normalized spacial score (nSPS) is 11.5. The molecule has 0 saturated carbocycles. The van der Waals surface area contributed by atoms with Gasteiger partial charge in [0.15, 0.2) is 0 Å². The number of fused-ring (bicyclic) bond motifs is 1. The number of unbranched alkanes of at least 4 members (excludes halogenated alkanes) is 9. The molecule has 2 aromatic carbocycles. The Balaban J connectivity index is 1.42. The highest BCUT2D eigenvalue weighted by atomic mass is 32.1. The van der Waals surface area contributed by atoms with Gasteiger partial charge in [0.25, 0.3) is 0 Å². The van der Waals surface area contributed by atoms with Crippen LogP contribution in [0.2, 0.25) is 0 Å². The van der Waals surface area contributed by atoms with Gasteiger partial charge in [-0.25, -0.2) is 4.98 Å². The fourth-order valence-electron chi connectivity index (χ4n) is 3.70. The van der Waals surface area contributed by atoms with Crippen molar-refractivity contribution in [2.24, 2.45) is 10.2 Å². The molecule has 0 aliphatic heterocycles. The first-order chi connectivity index (χ1) is 16.8. The topological polar surface area (TPSA) is 56.1 Å². The first kappa shape index (κ1) is 26.1. The summed E-state index contributed by atoms with van der Waals surface area (Å²) in [5.41, 5.74) is 1.71. The van der Waals surface area contributed by atoms with Crippen LogP contribution in [0.25, 0.3) is 10.2 Å². The molecule has 3 aromatic rings. The zero-order valence-electron chi connectivity index (χ0n) is 20.8. The van der Waals surface area contributed by atoms with Crippen LogP contribution >= 0.6 is 11.3 Å². The molecule has 34 heavy (non-hydrogen) atoms. The van der Waals surface area contributed by atoms with E-state index in [4.69, 9.17) is 9.47 Å². The Morgan fingerprint density at radius 2 is 1.26 bits per heavy atom. The second kappa shape index (κ2) is 15.4. The highest BCUT2D eigenvalue weighted by molar-refractivity contribution is 7.21. The Morgan fingerprint density at radius 1 is 0.676 bits per heavy atom. The third kappa shape index (κ3) is 9.41. The first-order valence-corrected chi connectivity index (χ1v) is 13.8. The summed E-state index contributed by atoms with van der Waals surface area (Å²) in [6.07, 6.45) is 13.9. The molecule has 1 heterocycles. The van der Waals surface area contributed by atoms with Crippen LogP contribution in [0.5, 0.6) is 11.5 Å². The highest BCUT2D eigenvalue weighted by Gasteiger charge is 2.05. The molecule has 0 aliphatic carbocycles. The SMILES string of the molecule is CCCCCCCCCCOc1ccc2nc(N=Nc3ccc(OCCCCC)cc3)sc2c1. The van der Waals surface area contributed by atoms with Crippen molar-refractivity contribution in [2.75, 3.05) is 13.2 Å². The van der Waals surface area contributed by atoms with Crippen LogP contribution < -0.4 is 9.47 Å². The molecule has 3 rings (SSSR count). The molecule has 0 saturated heterocycles. The van der Waals surface area contributed by atoms with Crippen molar-refractivity contribution in [3.63, 3.8) is 0 Å². The van der Waals surface area contributed by atoms with E-state index in [1.807, 2.05) is 36.4 Å². The van der Waals surface area contributed by atoms with Crippen molar-refractivity contribution in [1.29, 1.82) is 0 Å². The Hall–Kier alpha value is -2.47. The van der Waals surface area contributed by atoms with Crippen LogP contribution in [0.4, 0.5) is 10.8 Å². The number of aromatic nitrogens is 1. The van der Waals surface area contributed by atoms with Crippen molar-refractivity contribution in [1.82, 2.24) is 4.98 Å². The molecule has 0 radical (unpaired) electrons. The van der Waals surface area contributed by atoms with Gasteiger partial charge in [0.1, 0.15) is 11.5 Å². The molecular formula is C28H39N3O2S. The maximum Gasteiger partial charge on any atom is 0.231 e. The minimum Gasteiger partial charge on any atom is -0.494 e. The van der Waals surface area contributed by atoms with Crippen molar-refractivity contribution in [3.8, 4) is 11.5 Å². The third-order valence-corrected chi connectivity index (χ3v) is 6.62. The molecule has 0 aliphatic rings. The van der Waals surface area contributed by atoms with Gasteiger partial charge in [0.2, 0.25) is 5.13 Å². The average molecular weight is 482 g/mol. The van der Waals surface area contributed by atoms with Gasteiger partial charge in [-0.2, -0.15) is 0 Å². The summed E-state index contributed by atoms with van der Waals surface area (Å²) in [7, 11) is 0. The molecule has 0 amide bonds. The maximum absolute atomic E-state index is 5.96. The Bertz CT molecular complexity index is 985. The summed E-state index contributed by atoms with van der Waals surface area (Å²) in [5.74, 6) is 1.77. The smallest absolute Gasteiger partial charge is 0.231 e. The quantitative estimate of drug-likeness (QED) is 0.142. The summed E-state index contributed by atoms with van der Waals surface area (Å²) >= 11 is 1.53. The van der Waals surface area contributed by atoms with E-state index >= 15 is 0 Å². The van der Waals surface area contributed by atoms with Gasteiger partial charge in [-0.05, 0) is 55.3 Å². The van der Waals surface area contributed by atoms with E-state index in [1.165, 1.54) is 69.1 Å². The number of thiazole rings is 1. The summed E-state index contributed by atoms with van der Waals surface area (Å²) < 4.78 is 12.8. The molecule has 0 N–H and O–H groups in total. The Labute approximate surface area is 208 Å². The Kier molecular flexibility index (Phi) is 11.9. The van der Waals surface area contributed by atoms with E-state index in [2.05, 4.69) is 35.1 Å². The van der Waals surface area contributed by atoms with Gasteiger partial charge in [-0.1, -0.05) is 83.0 Å². The first-order valence-electron chi connectivity index (χ1n) is 13.0. The number of hydrogen-bond donors (Lipinski definition) is 0. The highest BCUT2D eigenvalue weighted by Crippen LogP contribution is 2.32. The van der Waals surface area contributed by atoms with Crippen LogP contribution in [0.3, 0.4) is 0 Å². The van der Waals surface area contributed by atoms with Gasteiger partial charge >= 0.3 is 0 Å². The molecule has 184 valence electrons. The summed E-state index contributed by atoms with van der Waals surface area (Å²) in [4.78, 5) is 4.57. The van der Waals surface area contributed by atoms with E-state index < -0.39 is 0 Å². The zero-order chi connectivity index (χ0) is 23.8. The maximum atomic E-state index is 5.96. The number of benzene rings is 2. The predicted molar refractivity (Wildman–Crippen MR) is 143 cm³/mol. The van der Waals surface area contributed by atoms with Crippen molar-refractivity contribution >= 4 is 32.4 Å². The van der Waals surface area contributed by atoms with Gasteiger partial charge in [-0.3, -0.25) is 0 Å². The summed E-state index contributed by atoms with van der Waals surface area (Å²) in [6.45, 7) is 5.98. The van der Waals surface area contributed by atoms with Crippen LogP contribution in [0.15, 0.2) is 52.7 Å². The van der Waals surface area contributed by atoms with E-state index in [0.717, 1.165) is 53.5 Å². The lowest BCUT2D eigenvalue weighted by Gasteiger charge is -2.06. The second-order valence-corrected chi connectivity index (χ2v) is 9.71. The van der Waals surface area contributed by atoms with Crippen molar-refractivity contribution in [3.05, 3.63) is 42.5 Å². The minimum absolute atomic E-state index is 0.648. The second-order valence-electron chi connectivity index (χ2n) is 8.70. The van der Waals surface area contributed by atoms with Crippen molar-refractivity contribution in [2.45, 2.75) is 84.5 Å². The van der Waals surface area contributed by atoms with E-state index in [1.54, 1.807) is 0 Å². The van der Waals surface area contributed by atoms with Crippen LogP contribution in [0.1, 0.15) is 84.5 Å². The molecule has 0 bridgehead atoms.